The number of para-hydroxylation sites is 1. The number of likely N-dealkylation sites (tertiary alicyclic amines) is 1. The summed E-state index contributed by atoms with van der Waals surface area (Å²) in [6.07, 6.45) is 1.79. The van der Waals surface area contributed by atoms with Crippen LogP contribution in [0, 0.1) is 0 Å². The minimum absolute atomic E-state index is 0.00569. The Balaban J connectivity index is 1.40. The fourth-order valence-electron chi connectivity index (χ4n) is 3.27. The van der Waals surface area contributed by atoms with E-state index in [4.69, 9.17) is 4.74 Å². The van der Waals surface area contributed by atoms with Crippen molar-refractivity contribution in [2.24, 2.45) is 0 Å². The van der Waals surface area contributed by atoms with Gasteiger partial charge < -0.3 is 19.7 Å². The van der Waals surface area contributed by atoms with E-state index in [-0.39, 0.29) is 17.8 Å². The Bertz CT molecular complexity index is 880. The maximum Gasteiger partial charge on any atom is 0.270 e. The van der Waals surface area contributed by atoms with Crippen LogP contribution in [-0.4, -0.2) is 40.1 Å². The number of aromatic hydroxyl groups is 1. The molecular formula is C20H20N2O3. The standard InChI is InChI=1S/C20H20N2O3/c23-15-6-7-18-14(12-15)13-19(21-18)20(24)22-10-8-17(9-11-22)25-16-4-2-1-3-5-16/h1-7,12-13,17,21,23H,8-11H2. The first kappa shape index (κ1) is 15.6. The lowest BCUT2D eigenvalue weighted by atomic mass is 10.1. The van der Waals surface area contributed by atoms with Gasteiger partial charge in [-0.15, -0.1) is 0 Å². The third-order valence-corrected chi connectivity index (χ3v) is 4.61. The number of hydrogen-bond donors (Lipinski definition) is 2. The maximum absolute atomic E-state index is 12.7. The average Bonchev–Trinajstić information content (AvgIpc) is 3.06. The lowest BCUT2D eigenvalue weighted by molar-refractivity contribution is 0.0591. The molecule has 5 heteroatoms. The van der Waals surface area contributed by atoms with Gasteiger partial charge >= 0.3 is 0 Å². The molecule has 3 aromatic rings. The van der Waals surface area contributed by atoms with Crippen LogP contribution in [0.1, 0.15) is 23.3 Å². The van der Waals surface area contributed by atoms with Crippen molar-refractivity contribution in [1.82, 2.24) is 9.88 Å². The smallest absolute Gasteiger partial charge is 0.270 e. The molecule has 5 nitrogen and oxygen atoms in total. The van der Waals surface area contributed by atoms with Gasteiger partial charge in [0, 0.05) is 36.8 Å². The second-order valence-corrected chi connectivity index (χ2v) is 6.38. The zero-order chi connectivity index (χ0) is 17.2. The van der Waals surface area contributed by atoms with Crippen molar-refractivity contribution >= 4 is 16.8 Å². The van der Waals surface area contributed by atoms with Crippen molar-refractivity contribution in [2.45, 2.75) is 18.9 Å². The second kappa shape index (κ2) is 6.51. The highest BCUT2D eigenvalue weighted by Crippen LogP contribution is 2.23. The molecule has 2 aromatic carbocycles. The van der Waals surface area contributed by atoms with Gasteiger partial charge in [0.25, 0.3) is 5.91 Å². The number of H-pyrrole nitrogens is 1. The van der Waals surface area contributed by atoms with Crippen molar-refractivity contribution in [3.63, 3.8) is 0 Å². The number of rotatable bonds is 3. The molecule has 0 spiro atoms. The number of amides is 1. The molecule has 1 amide bonds. The van der Waals surface area contributed by atoms with E-state index in [0.29, 0.717) is 18.8 Å². The summed E-state index contributed by atoms with van der Waals surface area (Å²) in [5, 5.41) is 10.4. The van der Waals surface area contributed by atoms with Crippen LogP contribution >= 0.6 is 0 Å². The predicted octanol–water partition coefficient (Wildman–Crippen LogP) is 3.56. The number of aromatic amines is 1. The van der Waals surface area contributed by atoms with Gasteiger partial charge in [-0.05, 0) is 36.4 Å². The minimum atomic E-state index is -0.00569. The Morgan fingerprint density at radius 3 is 2.60 bits per heavy atom. The fraction of sp³-hybridized carbons (Fsp3) is 0.250. The Hall–Kier alpha value is -2.95. The quantitative estimate of drug-likeness (QED) is 0.768. The molecule has 1 fully saturated rings. The molecule has 1 aromatic heterocycles. The summed E-state index contributed by atoms with van der Waals surface area (Å²) in [5.41, 5.74) is 1.41. The number of fused-ring (bicyclic) bond motifs is 1. The number of nitrogens with zero attached hydrogens (tertiary/aromatic N) is 1. The molecule has 0 saturated carbocycles. The van der Waals surface area contributed by atoms with Crippen molar-refractivity contribution in [3.05, 3.63) is 60.3 Å². The van der Waals surface area contributed by atoms with Crippen molar-refractivity contribution in [1.29, 1.82) is 0 Å². The molecule has 0 unspecified atom stereocenters. The summed E-state index contributed by atoms with van der Waals surface area (Å²) in [6.45, 7) is 1.36. The van der Waals surface area contributed by atoms with Crippen LogP contribution in [0.4, 0.5) is 0 Å². The van der Waals surface area contributed by atoms with Gasteiger partial charge in [-0.2, -0.15) is 0 Å². The number of benzene rings is 2. The number of ether oxygens (including phenoxy) is 1. The number of carbonyl (C=O) groups is 1. The Morgan fingerprint density at radius 1 is 1.08 bits per heavy atom. The number of aromatic nitrogens is 1. The molecule has 0 bridgehead atoms. The highest BCUT2D eigenvalue weighted by molar-refractivity contribution is 5.98. The number of phenolic OH excluding ortho intramolecular Hbond substituents is 1. The molecule has 1 aliphatic heterocycles. The molecule has 128 valence electrons. The van der Waals surface area contributed by atoms with E-state index in [0.717, 1.165) is 29.5 Å². The predicted molar refractivity (Wildman–Crippen MR) is 96.0 cm³/mol. The number of nitrogens with one attached hydrogen (secondary N) is 1. The van der Waals surface area contributed by atoms with Gasteiger partial charge in [-0.3, -0.25) is 4.79 Å². The summed E-state index contributed by atoms with van der Waals surface area (Å²) in [5.74, 6) is 1.07. The van der Waals surface area contributed by atoms with E-state index < -0.39 is 0 Å². The Morgan fingerprint density at radius 2 is 1.84 bits per heavy atom. The lowest BCUT2D eigenvalue weighted by Crippen LogP contribution is -2.41. The van der Waals surface area contributed by atoms with Gasteiger partial charge in [0.15, 0.2) is 0 Å². The van der Waals surface area contributed by atoms with E-state index in [9.17, 15) is 9.90 Å². The normalized spacial score (nSPS) is 15.4. The van der Waals surface area contributed by atoms with Crippen LogP contribution in [0.3, 0.4) is 0 Å². The van der Waals surface area contributed by atoms with Crippen LogP contribution in [0.5, 0.6) is 11.5 Å². The topological polar surface area (TPSA) is 65.6 Å². The molecule has 1 saturated heterocycles. The van der Waals surface area contributed by atoms with Crippen molar-refractivity contribution < 1.29 is 14.6 Å². The second-order valence-electron chi connectivity index (χ2n) is 6.38. The first-order valence-electron chi connectivity index (χ1n) is 8.52. The summed E-state index contributed by atoms with van der Waals surface area (Å²) in [4.78, 5) is 17.7. The number of carbonyl (C=O) groups excluding carboxylic acids is 1. The number of phenols is 1. The minimum Gasteiger partial charge on any atom is -0.508 e. The van der Waals surface area contributed by atoms with Gasteiger partial charge in [0.05, 0.1) is 0 Å². The maximum atomic E-state index is 12.7. The van der Waals surface area contributed by atoms with Crippen LogP contribution in [0.25, 0.3) is 10.9 Å². The molecule has 4 rings (SSSR count). The zero-order valence-corrected chi connectivity index (χ0v) is 13.8. The van der Waals surface area contributed by atoms with Crippen molar-refractivity contribution in [3.8, 4) is 11.5 Å². The monoisotopic (exact) mass is 336 g/mol. The summed E-state index contributed by atoms with van der Waals surface area (Å²) >= 11 is 0. The first-order valence-corrected chi connectivity index (χ1v) is 8.52. The van der Waals surface area contributed by atoms with E-state index >= 15 is 0 Å². The number of hydrogen-bond acceptors (Lipinski definition) is 3. The van der Waals surface area contributed by atoms with E-state index in [2.05, 4.69) is 4.98 Å². The average molecular weight is 336 g/mol. The summed E-state index contributed by atoms with van der Waals surface area (Å²) < 4.78 is 5.98. The molecule has 1 aliphatic rings. The van der Waals surface area contributed by atoms with Gasteiger partial charge in [-0.25, -0.2) is 0 Å². The highest BCUT2D eigenvalue weighted by Gasteiger charge is 2.25. The molecule has 2 N–H and O–H groups in total. The van der Waals surface area contributed by atoms with Gasteiger partial charge in [0.2, 0.25) is 0 Å². The molecule has 0 radical (unpaired) electrons. The van der Waals surface area contributed by atoms with E-state index in [1.807, 2.05) is 35.2 Å². The van der Waals surface area contributed by atoms with Crippen LogP contribution in [-0.2, 0) is 0 Å². The van der Waals surface area contributed by atoms with E-state index in [1.165, 1.54) is 0 Å². The molecule has 2 heterocycles. The number of piperidine rings is 1. The van der Waals surface area contributed by atoms with Gasteiger partial charge in [-0.1, -0.05) is 18.2 Å². The van der Waals surface area contributed by atoms with Crippen LogP contribution in [0.15, 0.2) is 54.6 Å². The molecule has 0 atom stereocenters. The Kier molecular flexibility index (Phi) is 4.06. The third kappa shape index (κ3) is 3.31. The van der Waals surface area contributed by atoms with Crippen molar-refractivity contribution in [2.75, 3.05) is 13.1 Å². The zero-order valence-electron chi connectivity index (χ0n) is 13.8. The SMILES string of the molecule is O=C(c1cc2cc(O)ccc2[nH]1)N1CCC(Oc2ccccc2)CC1. The summed E-state index contributed by atoms with van der Waals surface area (Å²) in [6, 6.07) is 16.6. The largest absolute Gasteiger partial charge is 0.508 e. The molecular weight excluding hydrogens is 316 g/mol. The molecule has 25 heavy (non-hydrogen) atoms. The van der Waals surface area contributed by atoms with Crippen LogP contribution in [0.2, 0.25) is 0 Å². The fourth-order valence-corrected chi connectivity index (χ4v) is 3.27. The lowest BCUT2D eigenvalue weighted by Gasteiger charge is -2.32. The molecule has 0 aliphatic carbocycles. The van der Waals surface area contributed by atoms with E-state index in [1.54, 1.807) is 24.3 Å². The highest BCUT2D eigenvalue weighted by atomic mass is 16.5. The van der Waals surface area contributed by atoms with Crippen LogP contribution < -0.4 is 4.74 Å². The van der Waals surface area contributed by atoms with Gasteiger partial charge in [0.1, 0.15) is 23.3 Å². The third-order valence-electron chi connectivity index (χ3n) is 4.61. The first-order chi connectivity index (χ1) is 12.2. The Labute approximate surface area is 145 Å². The summed E-state index contributed by atoms with van der Waals surface area (Å²) in [7, 11) is 0.